The standard InChI is InChI=1S/C12H24N2O4/c1-12(2,3)9(11(16)17)14-10(15)8(13)6-5-7-18-4/h8-9H,5-7,13H2,1-4H3,(H,14,15)(H,16,17). The first-order chi connectivity index (χ1) is 8.20. The lowest BCUT2D eigenvalue weighted by Crippen LogP contribution is -2.53. The summed E-state index contributed by atoms with van der Waals surface area (Å²) in [6.45, 7) is 5.79. The Hall–Kier alpha value is -1.14. The van der Waals surface area contributed by atoms with E-state index in [4.69, 9.17) is 15.6 Å². The molecule has 0 aromatic rings. The van der Waals surface area contributed by atoms with E-state index >= 15 is 0 Å². The molecule has 1 amide bonds. The van der Waals surface area contributed by atoms with Gasteiger partial charge in [-0.3, -0.25) is 4.79 Å². The zero-order chi connectivity index (χ0) is 14.3. The molecule has 0 heterocycles. The highest BCUT2D eigenvalue weighted by Gasteiger charge is 2.33. The van der Waals surface area contributed by atoms with Crippen LogP contribution >= 0.6 is 0 Å². The van der Waals surface area contributed by atoms with Crippen LogP contribution in [-0.2, 0) is 14.3 Å². The highest BCUT2D eigenvalue weighted by Crippen LogP contribution is 2.19. The Labute approximate surface area is 108 Å². The normalized spacial score (nSPS) is 14.9. The van der Waals surface area contributed by atoms with Crippen LogP contribution in [0.3, 0.4) is 0 Å². The molecule has 0 fully saturated rings. The zero-order valence-electron chi connectivity index (χ0n) is 11.5. The van der Waals surface area contributed by atoms with Gasteiger partial charge < -0.3 is 20.9 Å². The predicted octanol–water partition coefficient (Wildman–Crippen LogP) is 0.356. The summed E-state index contributed by atoms with van der Waals surface area (Å²) in [6.07, 6.45) is 1.13. The number of nitrogens with one attached hydrogen (secondary N) is 1. The summed E-state index contributed by atoms with van der Waals surface area (Å²) in [7, 11) is 1.58. The highest BCUT2D eigenvalue weighted by atomic mass is 16.5. The highest BCUT2D eigenvalue weighted by molar-refractivity contribution is 5.87. The minimum absolute atomic E-state index is 0.437. The Balaban J connectivity index is 4.38. The molecule has 0 saturated carbocycles. The van der Waals surface area contributed by atoms with E-state index in [-0.39, 0.29) is 0 Å². The number of hydrogen-bond acceptors (Lipinski definition) is 4. The Morgan fingerprint density at radius 1 is 1.39 bits per heavy atom. The second kappa shape index (κ2) is 7.33. The van der Waals surface area contributed by atoms with Gasteiger partial charge in [0.15, 0.2) is 0 Å². The number of carbonyl (C=O) groups excluding carboxylic acids is 1. The van der Waals surface area contributed by atoms with Crippen LogP contribution in [0.2, 0.25) is 0 Å². The van der Waals surface area contributed by atoms with Crippen LogP contribution in [0.1, 0.15) is 33.6 Å². The third-order valence-electron chi connectivity index (χ3n) is 2.60. The molecule has 0 radical (unpaired) electrons. The maximum absolute atomic E-state index is 11.8. The van der Waals surface area contributed by atoms with Gasteiger partial charge in [0.05, 0.1) is 6.04 Å². The molecule has 0 saturated heterocycles. The quantitative estimate of drug-likeness (QED) is 0.573. The van der Waals surface area contributed by atoms with Crippen LogP contribution in [0.15, 0.2) is 0 Å². The second-order valence-electron chi connectivity index (χ2n) is 5.39. The van der Waals surface area contributed by atoms with Crippen molar-refractivity contribution in [3.8, 4) is 0 Å². The Morgan fingerprint density at radius 3 is 2.33 bits per heavy atom. The van der Waals surface area contributed by atoms with E-state index in [1.807, 2.05) is 0 Å². The average molecular weight is 260 g/mol. The SMILES string of the molecule is COCCCC(N)C(=O)NC(C(=O)O)C(C)(C)C. The van der Waals surface area contributed by atoms with Gasteiger partial charge in [-0.1, -0.05) is 20.8 Å². The van der Waals surface area contributed by atoms with Gasteiger partial charge in [0.1, 0.15) is 6.04 Å². The molecule has 0 bridgehead atoms. The number of hydrogen-bond donors (Lipinski definition) is 3. The Morgan fingerprint density at radius 2 is 1.94 bits per heavy atom. The van der Waals surface area contributed by atoms with Crippen molar-refractivity contribution < 1.29 is 19.4 Å². The molecule has 0 rings (SSSR count). The first-order valence-corrected chi connectivity index (χ1v) is 5.98. The Bertz CT molecular complexity index is 286. The van der Waals surface area contributed by atoms with Gasteiger partial charge >= 0.3 is 5.97 Å². The summed E-state index contributed by atoms with van der Waals surface area (Å²) in [5, 5.41) is 11.6. The van der Waals surface area contributed by atoms with Crippen LogP contribution < -0.4 is 11.1 Å². The molecule has 2 atom stereocenters. The maximum Gasteiger partial charge on any atom is 0.326 e. The van der Waals surface area contributed by atoms with E-state index < -0.39 is 29.4 Å². The van der Waals surface area contributed by atoms with Gasteiger partial charge in [-0.2, -0.15) is 0 Å². The molecule has 6 heteroatoms. The molecule has 18 heavy (non-hydrogen) atoms. The van der Waals surface area contributed by atoms with Crippen molar-refractivity contribution in [1.29, 1.82) is 0 Å². The van der Waals surface area contributed by atoms with E-state index in [1.165, 1.54) is 0 Å². The molecule has 4 N–H and O–H groups in total. The third-order valence-corrected chi connectivity index (χ3v) is 2.60. The molecular formula is C12H24N2O4. The number of nitrogens with two attached hydrogens (primary N) is 1. The largest absolute Gasteiger partial charge is 0.480 e. The van der Waals surface area contributed by atoms with Crippen molar-refractivity contribution in [2.45, 2.75) is 45.7 Å². The van der Waals surface area contributed by atoms with Crippen molar-refractivity contribution in [3.63, 3.8) is 0 Å². The topological polar surface area (TPSA) is 102 Å². The lowest BCUT2D eigenvalue weighted by molar-refractivity contribution is -0.145. The smallest absolute Gasteiger partial charge is 0.326 e. The van der Waals surface area contributed by atoms with E-state index in [9.17, 15) is 9.59 Å². The molecule has 2 unspecified atom stereocenters. The molecule has 0 spiro atoms. The molecule has 0 aliphatic carbocycles. The van der Waals surface area contributed by atoms with Gasteiger partial charge in [-0.25, -0.2) is 4.79 Å². The average Bonchev–Trinajstić information content (AvgIpc) is 2.23. The molecule has 6 nitrogen and oxygen atoms in total. The number of carboxylic acids is 1. The van der Waals surface area contributed by atoms with E-state index in [0.717, 1.165) is 0 Å². The molecule has 0 aliphatic heterocycles. The number of rotatable bonds is 7. The first-order valence-electron chi connectivity index (χ1n) is 5.98. The van der Waals surface area contributed by atoms with Crippen molar-refractivity contribution >= 4 is 11.9 Å². The van der Waals surface area contributed by atoms with Crippen molar-refractivity contribution in [2.75, 3.05) is 13.7 Å². The number of amides is 1. The van der Waals surface area contributed by atoms with Crippen molar-refractivity contribution in [2.24, 2.45) is 11.1 Å². The monoisotopic (exact) mass is 260 g/mol. The Kier molecular flexibility index (Phi) is 6.86. The number of aliphatic carboxylic acids is 1. The summed E-state index contributed by atoms with van der Waals surface area (Å²) >= 11 is 0. The van der Waals surface area contributed by atoms with E-state index in [2.05, 4.69) is 5.32 Å². The van der Waals surface area contributed by atoms with E-state index in [1.54, 1.807) is 27.9 Å². The fourth-order valence-corrected chi connectivity index (χ4v) is 1.48. The summed E-state index contributed by atoms with van der Waals surface area (Å²) in [6, 6.07) is -1.65. The third kappa shape index (κ3) is 5.97. The van der Waals surface area contributed by atoms with E-state index in [0.29, 0.717) is 19.4 Å². The lowest BCUT2D eigenvalue weighted by atomic mass is 9.86. The fraction of sp³-hybridized carbons (Fsp3) is 0.833. The van der Waals surface area contributed by atoms with Crippen LogP contribution in [0.5, 0.6) is 0 Å². The summed E-state index contributed by atoms with van der Waals surface area (Å²) in [5.74, 6) is -1.49. The maximum atomic E-state index is 11.8. The number of carboxylic acid groups (broad SMARTS) is 1. The fourth-order valence-electron chi connectivity index (χ4n) is 1.48. The molecule has 106 valence electrons. The molecular weight excluding hydrogens is 236 g/mol. The second-order valence-corrected chi connectivity index (χ2v) is 5.39. The predicted molar refractivity (Wildman–Crippen MR) is 68.1 cm³/mol. The molecule has 0 aliphatic rings. The van der Waals surface area contributed by atoms with Crippen LogP contribution in [-0.4, -0.2) is 42.8 Å². The van der Waals surface area contributed by atoms with Gasteiger partial charge in [-0.15, -0.1) is 0 Å². The van der Waals surface area contributed by atoms with Crippen LogP contribution in [0.4, 0.5) is 0 Å². The zero-order valence-corrected chi connectivity index (χ0v) is 11.5. The minimum atomic E-state index is -1.06. The van der Waals surface area contributed by atoms with Crippen LogP contribution in [0, 0.1) is 5.41 Å². The molecule has 0 aromatic heterocycles. The van der Waals surface area contributed by atoms with Gasteiger partial charge in [0.2, 0.25) is 5.91 Å². The summed E-state index contributed by atoms with van der Waals surface area (Å²) in [4.78, 5) is 22.8. The van der Waals surface area contributed by atoms with Crippen molar-refractivity contribution in [3.05, 3.63) is 0 Å². The van der Waals surface area contributed by atoms with Crippen molar-refractivity contribution in [1.82, 2.24) is 5.32 Å². The van der Waals surface area contributed by atoms with Gasteiger partial charge in [0, 0.05) is 13.7 Å². The van der Waals surface area contributed by atoms with Gasteiger partial charge in [-0.05, 0) is 18.3 Å². The van der Waals surface area contributed by atoms with Crippen LogP contribution in [0.25, 0.3) is 0 Å². The summed E-state index contributed by atoms with van der Waals surface area (Å²) in [5.41, 5.74) is 5.13. The number of carbonyl (C=O) groups is 2. The number of ether oxygens (including phenoxy) is 1. The summed E-state index contributed by atoms with van der Waals surface area (Å²) < 4.78 is 4.86. The molecule has 0 aromatic carbocycles. The lowest BCUT2D eigenvalue weighted by Gasteiger charge is -2.28. The number of methoxy groups -OCH3 is 1. The first kappa shape index (κ1) is 16.9. The van der Waals surface area contributed by atoms with Gasteiger partial charge in [0.25, 0.3) is 0 Å². The minimum Gasteiger partial charge on any atom is -0.480 e.